The summed E-state index contributed by atoms with van der Waals surface area (Å²) in [6, 6.07) is 16.8. The highest BCUT2D eigenvalue weighted by molar-refractivity contribution is 7.10. The van der Waals surface area contributed by atoms with E-state index in [2.05, 4.69) is 21.4 Å². The molecule has 1 aliphatic heterocycles. The summed E-state index contributed by atoms with van der Waals surface area (Å²) in [7, 11) is 0. The number of imidazole rings is 1. The number of hydrogen-bond acceptors (Lipinski definition) is 3. The largest absolute Gasteiger partial charge is 0.337 e. The van der Waals surface area contributed by atoms with Crippen LogP contribution in [-0.4, -0.2) is 27.3 Å². The van der Waals surface area contributed by atoms with Crippen molar-refractivity contribution in [3.63, 3.8) is 0 Å². The second kappa shape index (κ2) is 7.08. The van der Waals surface area contributed by atoms with Crippen LogP contribution in [0.1, 0.15) is 44.7 Å². The molecule has 1 atom stereocenters. The zero-order valence-electron chi connectivity index (χ0n) is 15.3. The van der Waals surface area contributed by atoms with Crippen molar-refractivity contribution in [2.45, 2.75) is 18.9 Å². The Hall–Kier alpha value is -3.06. The first kappa shape index (κ1) is 18.0. The van der Waals surface area contributed by atoms with Gasteiger partial charge < -0.3 is 9.88 Å². The van der Waals surface area contributed by atoms with Crippen LogP contribution >= 0.6 is 11.3 Å². The molecular formula is C22H17F2N3OS. The van der Waals surface area contributed by atoms with Gasteiger partial charge in [0.2, 0.25) is 0 Å². The quantitative estimate of drug-likeness (QED) is 0.496. The van der Waals surface area contributed by atoms with E-state index >= 15 is 0 Å². The molecule has 2 aromatic heterocycles. The summed E-state index contributed by atoms with van der Waals surface area (Å²) in [6.45, 7) is 0.606. The van der Waals surface area contributed by atoms with E-state index in [4.69, 9.17) is 0 Å². The van der Waals surface area contributed by atoms with Crippen LogP contribution in [0, 0.1) is 0 Å². The maximum absolute atomic E-state index is 13.4. The Labute approximate surface area is 169 Å². The van der Waals surface area contributed by atoms with Crippen LogP contribution in [0.5, 0.6) is 0 Å². The molecule has 146 valence electrons. The van der Waals surface area contributed by atoms with E-state index < -0.39 is 6.43 Å². The van der Waals surface area contributed by atoms with Gasteiger partial charge in [-0.15, -0.1) is 11.3 Å². The summed E-state index contributed by atoms with van der Waals surface area (Å²) < 4.78 is 25.9. The summed E-state index contributed by atoms with van der Waals surface area (Å²) in [5.41, 5.74) is 3.54. The van der Waals surface area contributed by atoms with E-state index in [9.17, 15) is 13.6 Å². The van der Waals surface area contributed by atoms with E-state index in [1.807, 2.05) is 35.2 Å². The van der Waals surface area contributed by atoms with E-state index in [0.717, 1.165) is 17.5 Å². The highest BCUT2D eigenvalue weighted by Crippen LogP contribution is 2.38. The average Bonchev–Trinajstić information content (AvgIpc) is 3.39. The third-order valence-corrected chi connectivity index (χ3v) is 6.29. The fourth-order valence-electron chi connectivity index (χ4n) is 3.96. The van der Waals surface area contributed by atoms with E-state index in [-0.39, 0.29) is 17.8 Å². The number of fused-ring (bicyclic) bond motifs is 2. The van der Waals surface area contributed by atoms with Gasteiger partial charge in [0.25, 0.3) is 12.3 Å². The van der Waals surface area contributed by atoms with Crippen molar-refractivity contribution in [1.82, 2.24) is 14.9 Å². The number of amides is 1. The molecule has 0 radical (unpaired) electrons. The first-order chi connectivity index (χ1) is 14.1. The maximum atomic E-state index is 13.4. The Morgan fingerprint density at radius 3 is 2.79 bits per heavy atom. The maximum Gasteiger partial charge on any atom is 0.295 e. The fraction of sp³-hybridized carbons (Fsp3) is 0.182. The molecule has 0 fully saturated rings. The molecule has 29 heavy (non-hydrogen) atoms. The second-order valence-corrected chi connectivity index (χ2v) is 8.02. The number of hydrogen-bond donors (Lipinski definition) is 1. The molecule has 7 heteroatoms. The number of aromatic nitrogens is 2. The zero-order chi connectivity index (χ0) is 20.0. The number of aromatic amines is 1. The molecule has 1 N–H and O–H groups in total. The standard InChI is InChI=1S/C22H17F2N3OS/c23-20(24)21-25-16-7-6-14(12-17(16)26-21)22(28)27-10-8-18-15(9-11-29-18)19(27)13-4-2-1-3-5-13/h1-7,9,11-12,19-20H,8,10H2,(H,25,26). The minimum atomic E-state index is -2.68. The molecule has 4 nitrogen and oxygen atoms in total. The van der Waals surface area contributed by atoms with Crippen LogP contribution in [0.25, 0.3) is 11.0 Å². The molecule has 4 aromatic rings. The number of halogens is 2. The molecule has 0 bridgehead atoms. The lowest BCUT2D eigenvalue weighted by atomic mass is 9.92. The van der Waals surface area contributed by atoms with Gasteiger partial charge in [0, 0.05) is 17.0 Å². The summed E-state index contributed by atoms with van der Waals surface area (Å²) in [4.78, 5) is 23.1. The van der Waals surface area contributed by atoms with Crippen LogP contribution < -0.4 is 0 Å². The van der Waals surface area contributed by atoms with Gasteiger partial charge in [0.05, 0.1) is 17.1 Å². The van der Waals surface area contributed by atoms with Crippen LogP contribution in [0.3, 0.4) is 0 Å². The third-order valence-electron chi connectivity index (χ3n) is 5.30. The second-order valence-electron chi connectivity index (χ2n) is 7.02. The van der Waals surface area contributed by atoms with E-state index in [0.29, 0.717) is 23.1 Å². The zero-order valence-corrected chi connectivity index (χ0v) is 16.1. The lowest BCUT2D eigenvalue weighted by Crippen LogP contribution is -2.40. The molecule has 1 unspecified atom stereocenters. The molecule has 3 heterocycles. The summed E-state index contributed by atoms with van der Waals surface area (Å²) in [5, 5.41) is 2.07. The molecule has 2 aromatic carbocycles. The number of nitrogens with zero attached hydrogens (tertiary/aromatic N) is 2. The minimum Gasteiger partial charge on any atom is -0.337 e. The van der Waals surface area contributed by atoms with Gasteiger partial charge in [-0.25, -0.2) is 13.8 Å². The number of thiophene rings is 1. The van der Waals surface area contributed by atoms with Crippen molar-refractivity contribution in [3.8, 4) is 0 Å². The highest BCUT2D eigenvalue weighted by atomic mass is 32.1. The van der Waals surface area contributed by atoms with Gasteiger partial charge in [-0.1, -0.05) is 30.3 Å². The van der Waals surface area contributed by atoms with E-state index in [1.165, 1.54) is 4.88 Å². The normalized spacial score (nSPS) is 16.4. The lowest BCUT2D eigenvalue weighted by Gasteiger charge is -2.36. The summed E-state index contributed by atoms with van der Waals surface area (Å²) >= 11 is 1.72. The van der Waals surface area contributed by atoms with Crippen molar-refractivity contribution in [2.75, 3.05) is 6.54 Å². The van der Waals surface area contributed by atoms with Gasteiger partial charge in [0.1, 0.15) is 0 Å². The van der Waals surface area contributed by atoms with Gasteiger partial charge in [-0.05, 0) is 47.2 Å². The monoisotopic (exact) mass is 409 g/mol. The van der Waals surface area contributed by atoms with Crippen LogP contribution in [0.4, 0.5) is 8.78 Å². The molecule has 0 spiro atoms. The number of nitrogens with one attached hydrogen (secondary N) is 1. The van der Waals surface area contributed by atoms with Crippen molar-refractivity contribution in [2.24, 2.45) is 0 Å². The predicted octanol–water partition coefficient (Wildman–Crippen LogP) is 5.35. The third kappa shape index (κ3) is 3.11. The van der Waals surface area contributed by atoms with E-state index in [1.54, 1.807) is 29.5 Å². The Bertz CT molecular complexity index is 1190. The SMILES string of the molecule is O=C(c1ccc2nc(C(F)F)[nH]c2c1)N1CCc2sccc2C1c1ccccc1. The van der Waals surface area contributed by atoms with Gasteiger partial charge in [-0.3, -0.25) is 4.79 Å². The molecule has 0 aliphatic carbocycles. The molecule has 5 rings (SSSR count). The molecule has 0 saturated carbocycles. The molecule has 1 aliphatic rings. The summed E-state index contributed by atoms with van der Waals surface area (Å²) in [5.74, 6) is -0.501. The number of carbonyl (C=O) groups excluding carboxylic acids is 1. The van der Waals surface area contributed by atoms with Gasteiger partial charge in [-0.2, -0.15) is 0 Å². The highest BCUT2D eigenvalue weighted by Gasteiger charge is 2.33. The average molecular weight is 409 g/mol. The minimum absolute atomic E-state index is 0.120. The lowest BCUT2D eigenvalue weighted by molar-refractivity contribution is 0.0696. The fourth-order valence-corrected chi connectivity index (χ4v) is 4.87. The number of H-pyrrole nitrogens is 1. The van der Waals surface area contributed by atoms with Crippen LogP contribution in [-0.2, 0) is 6.42 Å². The summed E-state index contributed by atoms with van der Waals surface area (Å²) in [6.07, 6.45) is -1.87. The van der Waals surface area contributed by atoms with Gasteiger partial charge in [0.15, 0.2) is 5.82 Å². The topological polar surface area (TPSA) is 49.0 Å². The molecular weight excluding hydrogens is 392 g/mol. The number of rotatable bonds is 3. The number of carbonyl (C=O) groups is 1. The van der Waals surface area contributed by atoms with Crippen molar-refractivity contribution >= 4 is 28.3 Å². The number of benzene rings is 2. The van der Waals surface area contributed by atoms with Crippen molar-refractivity contribution in [3.05, 3.63) is 87.4 Å². The molecule has 0 saturated heterocycles. The Morgan fingerprint density at radius 2 is 2.00 bits per heavy atom. The Balaban J connectivity index is 1.55. The van der Waals surface area contributed by atoms with Crippen LogP contribution in [0.2, 0.25) is 0 Å². The number of alkyl halides is 2. The first-order valence-corrected chi connectivity index (χ1v) is 10.2. The van der Waals surface area contributed by atoms with Crippen molar-refractivity contribution < 1.29 is 13.6 Å². The first-order valence-electron chi connectivity index (χ1n) is 9.32. The predicted molar refractivity (Wildman–Crippen MR) is 108 cm³/mol. The molecule has 1 amide bonds. The van der Waals surface area contributed by atoms with Crippen LogP contribution in [0.15, 0.2) is 60.0 Å². The smallest absolute Gasteiger partial charge is 0.295 e. The van der Waals surface area contributed by atoms with Gasteiger partial charge >= 0.3 is 0 Å². The Kier molecular flexibility index (Phi) is 4.39. The Morgan fingerprint density at radius 1 is 1.17 bits per heavy atom. The van der Waals surface area contributed by atoms with Crippen molar-refractivity contribution in [1.29, 1.82) is 0 Å².